The third kappa shape index (κ3) is 4.89. The van der Waals surface area contributed by atoms with Crippen molar-refractivity contribution in [2.75, 3.05) is 23.3 Å². The molecule has 0 spiro atoms. The van der Waals surface area contributed by atoms with Gasteiger partial charge in [0.1, 0.15) is 17.0 Å². The number of aromatic carboxylic acids is 1. The van der Waals surface area contributed by atoms with Crippen molar-refractivity contribution in [3.8, 4) is 5.75 Å². The molecule has 31 heavy (non-hydrogen) atoms. The Kier molecular flexibility index (Phi) is 6.35. The van der Waals surface area contributed by atoms with Gasteiger partial charge in [0, 0.05) is 30.4 Å². The maximum absolute atomic E-state index is 12.5. The van der Waals surface area contributed by atoms with Crippen LogP contribution in [0.25, 0.3) is 0 Å². The number of phenols is 1. The lowest BCUT2D eigenvalue weighted by Gasteiger charge is -2.18. The Morgan fingerprint density at radius 2 is 1.87 bits per heavy atom. The normalized spacial score (nSPS) is 13.0. The molecular weight excluding hydrogens is 424 g/mol. The number of rotatable bonds is 5. The van der Waals surface area contributed by atoms with Gasteiger partial charge in [0.15, 0.2) is 5.11 Å². The molecule has 0 atom stereocenters. The van der Waals surface area contributed by atoms with Gasteiger partial charge >= 0.3 is 5.97 Å². The van der Waals surface area contributed by atoms with Crippen LogP contribution in [0.3, 0.4) is 0 Å². The molecule has 10 nitrogen and oxygen atoms in total. The number of nitrogens with zero attached hydrogens (tertiary/aromatic N) is 2. The molecule has 1 amide bonds. The number of aryl methyl sites for hydroxylation is 1. The number of carboxylic acid groups (broad SMARTS) is 1. The molecule has 3 rings (SSSR count). The molecule has 162 valence electrons. The second kappa shape index (κ2) is 8.96. The van der Waals surface area contributed by atoms with Crippen LogP contribution in [0.4, 0.5) is 17.1 Å². The van der Waals surface area contributed by atoms with E-state index in [0.29, 0.717) is 11.3 Å². The molecule has 0 aromatic heterocycles. The average Bonchev–Trinajstić information content (AvgIpc) is 3.24. The molecule has 0 unspecified atom stereocenters. The summed E-state index contributed by atoms with van der Waals surface area (Å²) < 4.78 is 0. The molecule has 4 N–H and O–H groups in total. The number of carbonyl (C=O) groups is 2. The minimum atomic E-state index is -1.32. The average molecular weight is 444 g/mol. The number of carbonyl (C=O) groups excluding carboxylic acids is 1. The van der Waals surface area contributed by atoms with Gasteiger partial charge in [0.05, 0.1) is 4.92 Å². The van der Waals surface area contributed by atoms with Gasteiger partial charge in [-0.15, -0.1) is 0 Å². The highest BCUT2D eigenvalue weighted by Gasteiger charge is 2.24. The highest BCUT2D eigenvalue weighted by Crippen LogP contribution is 2.31. The molecule has 2 aromatic rings. The number of benzene rings is 2. The number of anilines is 2. The third-order valence-electron chi connectivity index (χ3n) is 4.90. The predicted octanol–water partition coefficient (Wildman–Crippen LogP) is 3.03. The first-order valence-corrected chi connectivity index (χ1v) is 9.81. The Morgan fingerprint density at radius 1 is 1.19 bits per heavy atom. The molecule has 0 aliphatic carbocycles. The summed E-state index contributed by atoms with van der Waals surface area (Å²) in [5.74, 6) is -2.33. The van der Waals surface area contributed by atoms with Crippen molar-refractivity contribution in [1.82, 2.24) is 5.32 Å². The van der Waals surface area contributed by atoms with Crippen LogP contribution in [0.15, 0.2) is 30.3 Å². The van der Waals surface area contributed by atoms with Gasteiger partial charge in [-0.2, -0.15) is 0 Å². The standard InChI is InChI=1S/C20H20N4O6S/c1-11-8-13(10-14(17(11)25)19(27)28)21-20(31)22-18(26)12-4-5-15(16(9-12)24(29)30)23-6-2-3-7-23/h4-5,8-10,25H,2-3,6-7H2,1H3,(H,27,28)(H2,21,22,26,31). The monoisotopic (exact) mass is 444 g/mol. The van der Waals surface area contributed by atoms with Crippen molar-refractivity contribution in [2.24, 2.45) is 0 Å². The molecular formula is C20H20N4O6S. The number of nitro benzene ring substituents is 1. The summed E-state index contributed by atoms with van der Waals surface area (Å²) in [5.41, 5.74) is 0.629. The molecule has 0 radical (unpaired) electrons. The van der Waals surface area contributed by atoms with Gasteiger partial charge in [-0.05, 0) is 61.8 Å². The maximum atomic E-state index is 12.5. The fourth-order valence-corrected chi connectivity index (χ4v) is 3.60. The van der Waals surface area contributed by atoms with E-state index >= 15 is 0 Å². The van der Waals surface area contributed by atoms with Gasteiger partial charge in [-0.25, -0.2) is 4.79 Å². The largest absolute Gasteiger partial charge is 0.507 e. The summed E-state index contributed by atoms with van der Waals surface area (Å²) in [4.78, 5) is 36.7. The SMILES string of the molecule is Cc1cc(NC(=S)NC(=O)c2ccc(N3CCCC3)c([N+](=O)[O-])c2)cc(C(=O)O)c1O. The summed E-state index contributed by atoms with van der Waals surface area (Å²) in [5, 5.41) is 35.5. The van der Waals surface area contributed by atoms with Crippen LogP contribution in [0.2, 0.25) is 0 Å². The number of aromatic hydroxyl groups is 1. The number of nitro groups is 1. The van der Waals surface area contributed by atoms with E-state index < -0.39 is 16.8 Å². The number of hydrogen-bond donors (Lipinski definition) is 4. The van der Waals surface area contributed by atoms with E-state index in [-0.39, 0.29) is 33.4 Å². The number of thiocarbonyl (C=S) groups is 1. The van der Waals surface area contributed by atoms with E-state index in [4.69, 9.17) is 17.3 Å². The lowest BCUT2D eigenvalue weighted by atomic mass is 10.1. The summed E-state index contributed by atoms with van der Waals surface area (Å²) >= 11 is 5.10. The van der Waals surface area contributed by atoms with Crippen LogP contribution in [0, 0.1) is 17.0 Å². The number of nitrogens with one attached hydrogen (secondary N) is 2. The fraction of sp³-hybridized carbons (Fsp3) is 0.250. The van der Waals surface area contributed by atoms with Crippen LogP contribution < -0.4 is 15.5 Å². The zero-order chi connectivity index (χ0) is 22.7. The second-order valence-corrected chi connectivity index (χ2v) is 7.47. The third-order valence-corrected chi connectivity index (χ3v) is 5.10. The van der Waals surface area contributed by atoms with Crippen molar-refractivity contribution in [1.29, 1.82) is 0 Å². The fourth-order valence-electron chi connectivity index (χ4n) is 3.39. The molecule has 0 saturated carbocycles. The Bertz CT molecular complexity index is 1080. The minimum Gasteiger partial charge on any atom is -0.507 e. The van der Waals surface area contributed by atoms with Gasteiger partial charge in [-0.1, -0.05) is 0 Å². The van der Waals surface area contributed by atoms with E-state index in [1.165, 1.54) is 31.2 Å². The topological polar surface area (TPSA) is 145 Å². The van der Waals surface area contributed by atoms with E-state index in [1.54, 1.807) is 6.07 Å². The zero-order valence-corrected chi connectivity index (χ0v) is 17.4. The Balaban J connectivity index is 1.75. The molecule has 1 saturated heterocycles. The van der Waals surface area contributed by atoms with Gasteiger partial charge in [0.2, 0.25) is 0 Å². The van der Waals surface area contributed by atoms with Crippen molar-refractivity contribution in [3.05, 3.63) is 57.1 Å². The molecule has 1 aliphatic rings. The molecule has 1 fully saturated rings. The number of amides is 1. The van der Waals surface area contributed by atoms with E-state index in [2.05, 4.69) is 10.6 Å². The summed E-state index contributed by atoms with van der Waals surface area (Å²) in [6, 6.07) is 6.90. The Morgan fingerprint density at radius 3 is 2.48 bits per heavy atom. The van der Waals surface area contributed by atoms with Crippen LogP contribution in [0.5, 0.6) is 5.75 Å². The van der Waals surface area contributed by atoms with Crippen LogP contribution >= 0.6 is 12.2 Å². The van der Waals surface area contributed by atoms with Gasteiger partial charge in [0.25, 0.3) is 11.6 Å². The lowest BCUT2D eigenvalue weighted by molar-refractivity contribution is -0.384. The number of carboxylic acids is 1. The van der Waals surface area contributed by atoms with Crippen LogP contribution in [-0.2, 0) is 0 Å². The van der Waals surface area contributed by atoms with Gasteiger partial charge < -0.3 is 20.4 Å². The van der Waals surface area contributed by atoms with Crippen molar-refractivity contribution in [3.63, 3.8) is 0 Å². The summed E-state index contributed by atoms with van der Waals surface area (Å²) in [6.07, 6.45) is 1.92. The first-order valence-electron chi connectivity index (χ1n) is 9.40. The summed E-state index contributed by atoms with van der Waals surface area (Å²) in [7, 11) is 0. The van der Waals surface area contributed by atoms with Crippen LogP contribution in [0.1, 0.15) is 39.1 Å². The van der Waals surface area contributed by atoms with Crippen molar-refractivity contribution >= 4 is 46.3 Å². The molecule has 1 heterocycles. The minimum absolute atomic E-state index is 0.0620. The highest BCUT2D eigenvalue weighted by atomic mass is 32.1. The van der Waals surface area contributed by atoms with E-state index in [9.17, 15) is 24.8 Å². The van der Waals surface area contributed by atoms with E-state index in [0.717, 1.165) is 25.9 Å². The molecule has 0 bridgehead atoms. The first-order chi connectivity index (χ1) is 14.7. The zero-order valence-electron chi connectivity index (χ0n) is 16.5. The smallest absolute Gasteiger partial charge is 0.339 e. The lowest BCUT2D eigenvalue weighted by Crippen LogP contribution is -2.34. The quantitative estimate of drug-likeness (QED) is 0.237. The van der Waals surface area contributed by atoms with Gasteiger partial charge in [-0.3, -0.25) is 20.2 Å². The van der Waals surface area contributed by atoms with Crippen LogP contribution in [-0.4, -0.2) is 45.2 Å². The Labute approximate surface area is 182 Å². The number of hydrogen-bond acceptors (Lipinski definition) is 7. The summed E-state index contributed by atoms with van der Waals surface area (Å²) in [6.45, 7) is 2.98. The highest BCUT2D eigenvalue weighted by molar-refractivity contribution is 7.80. The predicted molar refractivity (Wildman–Crippen MR) is 118 cm³/mol. The molecule has 1 aliphatic heterocycles. The first kappa shape index (κ1) is 22.0. The Hall–Kier alpha value is -3.73. The second-order valence-electron chi connectivity index (χ2n) is 7.06. The molecule has 11 heteroatoms. The van der Waals surface area contributed by atoms with Crippen molar-refractivity contribution in [2.45, 2.75) is 19.8 Å². The van der Waals surface area contributed by atoms with E-state index in [1.807, 2.05) is 4.90 Å². The molecule has 2 aromatic carbocycles. The maximum Gasteiger partial charge on any atom is 0.339 e. The van der Waals surface area contributed by atoms with Crippen molar-refractivity contribution < 1.29 is 24.7 Å².